The molecule has 0 aliphatic carbocycles. The minimum absolute atomic E-state index is 0.497. The molecular weight excluding hydrogens is 240 g/mol. The summed E-state index contributed by atoms with van der Waals surface area (Å²) in [5.74, 6) is 1.25. The van der Waals surface area contributed by atoms with Gasteiger partial charge in [0.1, 0.15) is 5.82 Å². The Morgan fingerprint density at radius 2 is 2.16 bits per heavy atom. The predicted octanol–water partition coefficient (Wildman–Crippen LogP) is 1.46. The monoisotopic (exact) mass is 262 g/mol. The van der Waals surface area contributed by atoms with Crippen molar-refractivity contribution in [2.45, 2.75) is 20.3 Å². The maximum Gasteiger partial charge on any atom is 0.180 e. The molecule has 6 nitrogen and oxygen atoms in total. The van der Waals surface area contributed by atoms with E-state index in [1.807, 2.05) is 10.6 Å². The van der Waals surface area contributed by atoms with E-state index in [0.717, 1.165) is 44.1 Å². The molecule has 0 aromatic carbocycles. The van der Waals surface area contributed by atoms with Crippen LogP contribution >= 0.6 is 0 Å². The van der Waals surface area contributed by atoms with Crippen molar-refractivity contribution in [3.63, 3.8) is 0 Å². The molecule has 0 atom stereocenters. The first-order valence-electron chi connectivity index (χ1n) is 6.80. The fourth-order valence-electron chi connectivity index (χ4n) is 2.12. The van der Waals surface area contributed by atoms with Gasteiger partial charge >= 0.3 is 0 Å². The highest BCUT2D eigenvalue weighted by atomic mass is 15.1. The number of fused-ring (bicyclic) bond motifs is 1. The van der Waals surface area contributed by atoms with Gasteiger partial charge < -0.3 is 20.4 Å². The smallest absolute Gasteiger partial charge is 0.180 e. The third kappa shape index (κ3) is 3.35. The minimum Gasteiger partial charge on any atom is -0.382 e. The second kappa shape index (κ2) is 6.38. The van der Waals surface area contributed by atoms with E-state index in [4.69, 9.17) is 5.73 Å². The molecule has 3 N–H and O–H groups in total. The summed E-state index contributed by atoms with van der Waals surface area (Å²) in [5, 5.41) is 3.32. The van der Waals surface area contributed by atoms with Crippen molar-refractivity contribution in [2.24, 2.45) is 0 Å². The van der Waals surface area contributed by atoms with Gasteiger partial charge in [0, 0.05) is 18.9 Å². The van der Waals surface area contributed by atoms with Crippen molar-refractivity contribution in [3.8, 4) is 0 Å². The molecule has 0 aliphatic heterocycles. The highest BCUT2D eigenvalue weighted by molar-refractivity contribution is 5.64. The van der Waals surface area contributed by atoms with Crippen molar-refractivity contribution < 1.29 is 0 Å². The van der Waals surface area contributed by atoms with Crippen LogP contribution in [-0.4, -0.2) is 45.4 Å². The molecule has 0 unspecified atom stereocenters. The van der Waals surface area contributed by atoms with Crippen molar-refractivity contribution in [3.05, 3.63) is 18.6 Å². The standard InChI is InChI=1S/C13H22N6/c1-3-18(4-2)8-5-6-15-12-13-16-7-9-19(13)10-11(14)17-12/h7,9-10H,3-6,8,14H2,1-2H3,(H,15,17). The van der Waals surface area contributed by atoms with Crippen molar-refractivity contribution in [1.29, 1.82) is 0 Å². The third-order valence-electron chi connectivity index (χ3n) is 3.23. The molecule has 6 heteroatoms. The number of rotatable bonds is 7. The van der Waals surface area contributed by atoms with Crippen LogP contribution in [0.4, 0.5) is 11.6 Å². The molecule has 2 heterocycles. The molecule has 0 radical (unpaired) electrons. The highest BCUT2D eigenvalue weighted by Crippen LogP contribution is 2.14. The van der Waals surface area contributed by atoms with Gasteiger partial charge in [0.15, 0.2) is 11.5 Å². The van der Waals surface area contributed by atoms with Crippen molar-refractivity contribution in [1.82, 2.24) is 19.3 Å². The maximum absolute atomic E-state index is 5.77. The second-order valence-electron chi connectivity index (χ2n) is 4.48. The topological polar surface area (TPSA) is 71.5 Å². The van der Waals surface area contributed by atoms with E-state index in [1.54, 1.807) is 12.4 Å². The lowest BCUT2D eigenvalue weighted by Gasteiger charge is -2.17. The third-order valence-corrected chi connectivity index (χ3v) is 3.23. The normalized spacial score (nSPS) is 11.3. The van der Waals surface area contributed by atoms with E-state index in [0.29, 0.717) is 5.82 Å². The molecule has 0 fully saturated rings. The van der Waals surface area contributed by atoms with Crippen LogP contribution in [0.1, 0.15) is 20.3 Å². The lowest BCUT2D eigenvalue weighted by Crippen LogP contribution is -2.25. The van der Waals surface area contributed by atoms with Gasteiger partial charge in [0.25, 0.3) is 0 Å². The minimum atomic E-state index is 0.497. The van der Waals surface area contributed by atoms with Gasteiger partial charge in [-0.1, -0.05) is 13.8 Å². The summed E-state index contributed by atoms with van der Waals surface area (Å²) in [6, 6.07) is 0. The van der Waals surface area contributed by atoms with Crippen LogP contribution in [0.5, 0.6) is 0 Å². The molecule has 2 aromatic rings. The largest absolute Gasteiger partial charge is 0.382 e. The van der Waals surface area contributed by atoms with Gasteiger partial charge in [-0.2, -0.15) is 0 Å². The molecule has 0 spiro atoms. The van der Waals surface area contributed by atoms with E-state index in [1.165, 1.54) is 0 Å². The number of imidazole rings is 1. The summed E-state index contributed by atoms with van der Waals surface area (Å²) < 4.78 is 1.88. The summed E-state index contributed by atoms with van der Waals surface area (Å²) in [7, 11) is 0. The molecular formula is C13H22N6. The van der Waals surface area contributed by atoms with Crippen LogP contribution in [0.3, 0.4) is 0 Å². The summed E-state index contributed by atoms with van der Waals surface area (Å²) in [6.07, 6.45) is 6.46. The average molecular weight is 262 g/mol. The molecule has 0 bridgehead atoms. The lowest BCUT2D eigenvalue weighted by atomic mass is 10.3. The zero-order chi connectivity index (χ0) is 13.7. The van der Waals surface area contributed by atoms with Gasteiger partial charge in [-0.25, -0.2) is 9.97 Å². The van der Waals surface area contributed by atoms with E-state index < -0.39 is 0 Å². The predicted molar refractivity (Wildman–Crippen MR) is 78.3 cm³/mol. The molecule has 2 rings (SSSR count). The summed E-state index contributed by atoms with van der Waals surface area (Å²) in [4.78, 5) is 11.0. The molecule has 104 valence electrons. The number of aromatic nitrogens is 3. The lowest BCUT2D eigenvalue weighted by molar-refractivity contribution is 0.303. The van der Waals surface area contributed by atoms with E-state index in [9.17, 15) is 0 Å². The molecule has 19 heavy (non-hydrogen) atoms. The maximum atomic E-state index is 5.77. The van der Waals surface area contributed by atoms with E-state index >= 15 is 0 Å². The molecule has 0 saturated carbocycles. The fraction of sp³-hybridized carbons (Fsp3) is 0.538. The molecule has 0 amide bonds. The Kier molecular flexibility index (Phi) is 4.57. The Balaban J connectivity index is 1.92. The number of nitrogen functional groups attached to an aromatic ring is 1. The SMILES string of the molecule is CCN(CC)CCCNc1nc(N)cn2ccnc12. The van der Waals surface area contributed by atoms with E-state index in [-0.39, 0.29) is 0 Å². The number of nitrogens with zero attached hydrogens (tertiary/aromatic N) is 4. The summed E-state index contributed by atoms with van der Waals surface area (Å²) >= 11 is 0. The average Bonchev–Trinajstić information content (AvgIpc) is 2.86. The van der Waals surface area contributed by atoms with Crippen LogP contribution in [-0.2, 0) is 0 Å². The quantitative estimate of drug-likeness (QED) is 0.739. The van der Waals surface area contributed by atoms with Gasteiger partial charge in [-0.3, -0.25) is 0 Å². The zero-order valence-corrected chi connectivity index (χ0v) is 11.6. The van der Waals surface area contributed by atoms with Gasteiger partial charge in [-0.05, 0) is 26.1 Å². The highest BCUT2D eigenvalue weighted by Gasteiger charge is 2.05. The Morgan fingerprint density at radius 1 is 1.37 bits per heavy atom. The second-order valence-corrected chi connectivity index (χ2v) is 4.48. The van der Waals surface area contributed by atoms with Crippen molar-refractivity contribution in [2.75, 3.05) is 37.2 Å². The Hall–Kier alpha value is -1.82. The van der Waals surface area contributed by atoms with Crippen molar-refractivity contribution >= 4 is 17.3 Å². The Morgan fingerprint density at radius 3 is 2.89 bits per heavy atom. The molecule has 2 aromatic heterocycles. The number of hydrogen-bond donors (Lipinski definition) is 2. The first-order chi connectivity index (χ1) is 9.24. The van der Waals surface area contributed by atoms with Crippen LogP contribution < -0.4 is 11.1 Å². The van der Waals surface area contributed by atoms with Crippen LogP contribution in [0.15, 0.2) is 18.6 Å². The van der Waals surface area contributed by atoms with Crippen LogP contribution in [0.25, 0.3) is 5.65 Å². The summed E-state index contributed by atoms with van der Waals surface area (Å²) in [5.41, 5.74) is 6.59. The first-order valence-corrected chi connectivity index (χ1v) is 6.80. The summed E-state index contributed by atoms with van der Waals surface area (Å²) in [6.45, 7) is 8.52. The van der Waals surface area contributed by atoms with Gasteiger partial charge in [0.05, 0.1) is 6.20 Å². The van der Waals surface area contributed by atoms with E-state index in [2.05, 4.69) is 34.0 Å². The van der Waals surface area contributed by atoms with Gasteiger partial charge in [0.2, 0.25) is 0 Å². The van der Waals surface area contributed by atoms with Crippen LogP contribution in [0.2, 0.25) is 0 Å². The Bertz CT molecular complexity index is 517. The number of nitrogens with one attached hydrogen (secondary N) is 1. The fourth-order valence-corrected chi connectivity index (χ4v) is 2.12. The Labute approximate surface area is 113 Å². The number of nitrogens with two attached hydrogens (primary N) is 1. The first kappa shape index (κ1) is 13.6. The molecule has 0 aliphatic rings. The van der Waals surface area contributed by atoms with Crippen LogP contribution in [0, 0.1) is 0 Å². The number of anilines is 2. The molecule has 0 saturated heterocycles. The zero-order valence-electron chi connectivity index (χ0n) is 11.6. The van der Waals surface area contributed by atoms with Gasteiger partial charge in [-0.15, -0.1) is 0 Å². The number of hydrogen-bond acceptors (Lipinski definition) is 5.